The van der Waals surface area contributed by atoms with Crippen LogP contribution >= 0.6 is 15.9 Å². The molecular formula is C12H18BrN3O2S. The first-order chi connectivity index (χ1) is 8.96. The topological polar surface area (TPSA) is 71.1 Å². The minimum atomic E-state index is -3.31. The third-order valence-electron chi connectivity index (χ3n) is 2.91. The van der Waals surface area contributed by atoms with Crippen molar-refractivity contribution in [3.8, 4) is 0 Å². The van der Waals surface area contributed by atoms with E-state index in [0.29, 0.717) is 18.3 Å². The molecule has 7 heteroatoms. The third-order valence-corrected chi connectivity index (χ3v) is 5.08. The van der Waals surface area contributed by atoms with Crippen molar-refractivity contribution in [2.45, 2.75) is 32.2 Å². The fraction of sp³-hybridized carbons (Fsp3) is 0.583. The molecule has 1 saturated carbocycles. The predicted octanol–water partition coefficient (Wildman–Crippen LogP) is 2.04. The highest BCUT2D eigenvalue weighted by molar-refractivity contribution is 9.10. The molecule has 0 amide bonds. The SMILES string of the molecule is Cc1cc(NS(=O)(=O)CCCNC2CC2)ncc1Br. The minimum Gasteiger partial charge on any atom is -0.314 e. The molecular weight excluding hydrogens is 330 g/mol. The van der Waals surface area contributed by atoms with E-state index in [1.807, 2.05) is 6.92 Å². The molecule has 2 N–H and O–H groups in total. The summed E-state index contributed by atoms with van der Waals surface area (Å²) in [6.45, 7) is 2.64. The van der Waals surface area contributed by atoms with Gasteiger partial charge in [-0.15, -0.1) is 0 Å². The van der Waals surface area contributed by atoms with Gasteiger partial charge in [0.1, 0.15) is 5.82 Å². The Bertz CT molecular complexity index is 544. The maximum atomic E-state index is 11.9. The Hall–Kier alpha value is -0.660. The Labute approximate surface area is 122 Å². The lowest BCUT2D eigenvalue weighted by atomic mass is 10.3. The van der Waals surface area contributed by atoms with E-state index in [-0.39, 0.29) is 5.75 Å². The van der Waals surface area contributed by atoms with Gasteiger partial charge in [0, 0.05) is 16.7 Å². The zero-order valence-corrected chi connectivity index (χ0v) is 13.2. The van der Waals surface area contributed by atoms with Gasteiger partial charge >= 0.3 is 0 Å². The van der Waals surface area contributed by atoms with Crippen molar-refractivity contribution in [1.82, 2.24) is 10.3 Å². The highest BCUT2D eigenvalue weighted by atomic mass is 79.9. The monoisotopic (exact) mass is 347 g/mol. The summed E-state index contributed by atoms with van der Waals surface area (Å²) in [5.74, 6) is 0.486. The largest absolute Gasteiger partial charge is 0.314 e. The van der Waals surface area contributed by atoms with Crippen LogP contribution in [0.1, 0.15) is 24.8 Å². The second-order valence-corrected chi connectivity index (χ2v) is 7.52. The average Bonchev–Trinajstić information content (AvgIpc) is 3.13. The van der Waals surface area contributed by atoms with Gasteiger partial charge in [0.2, 0.25) is 10.0 Å². The second kappa shape index (κ2) is 6.19. The number of aryl methyl sites for hydroxylation is 1. The van der Waals surface area contributed by atoms with Crippen LogP contribution in [0.5, 0.6) is 0 Å². The lowest BCUT2D eigenvalue weighted by molar-refractivity contribution is 0.593. The van der Waals surface area contributed by atoms with Crippen molar-refractivity contribution < 1.29 is 8.42 Å². The number of pyridine rings is 1. The first kappa shape index (κ1) is 14.7. The van der Waals surface area contributed by atoms with E-state index >= 15 is 0 Å². The molecule has 1 aromatic heterocycles. The van der Waals surface area contributed by atoms with Crippen LogP contribution in [0.25, 0.3) is 0 Å². The maximum absolute atomic E-state index is 11.9. The van der Waals surface area contributed by atoms with Crippen molar-refractivity contribution in [1.29, 1.82) is 0 Å². The molecule has 2 rings (SSSR count). The lowest BCUT2D eigenvalue weighted by Crippen LogP contribution is -2.23. The van der Waals surface area contributed by atoms with Crippen molar-refractivity contribution in [2.24, 2.45) is 0 Å². The number of aromatic nitrogens is 1. The van der Waals surface area contributed by atoms with E-state index in [4.69, 9.17) is 0 Å². The van der Waals surface area contributed by atoms with Crippen molar-refractivity contribution in [2.75, 3.05) is 17.0 Å². The van der Waals surface area contributed by atoms with Crippen molar-refractivity contribution in [3.05, 3.63) is 22.3 Å². The van der Waals surface area contributed by atoms with E-state index in [9.17, 15) is 8.42 Å². The Kier molecular flexibility index (Phi) is 4.81. The van der Waals surface area contributed by atoms with Gasteiger partial charge in [-0.05, 0) is 60.3 Å². The van der Waals surface area contributed by atoms with E-state index in [2.05, 4.69) is 31.0 Å². The maximum Gasteiger partial charge on any atom is 0.233 e. The van der Waals surface area contributed by atoms with Crippen LogP contribution < -0.4 is 10.0 Å². The van der Waals surface area contributed by atoms with E-state index in [1.54, 1.807) is 12.3 Å². The highest BCUT2D eigenvalue weighted by Gasteiger charge is 2.20. The summed E-state index contributed by atoms with van der Waals surface area (Å²) >= 11 is 3.33. The predicted molar refractivity (Wildman–Crippen MR) is 79.7 cm³/mol. The number of halogens is 1. The Morgan fingerprint density at radius 3 is 2.84 bits per heavy atom. The molecule has 0 spiro atoms. The summed E-state index contributed by atoms with van der Waals surface area (Å²) < 4.78 is 27.1. The van der Waals surface area contributed by atoms with Crippen LogP contribution in [-0.4, -0.2) is 31.7 Å². The average molecular weight is 348 g/mol. The molecule has 1 aliphatic carbocycles. The zero-order valence-electron chi connectivity index (χ0n) is 10.8. The molecule has 1 aliphatic rings. The molecule has 5 nitrogen and oxygen atoms in total. The van der Waals surface area contributed by atoms with Gasteiger partial charge in [0.15, 0.2) is 0 Å². The van der Waals surface area contributed by atoms with Crippen LogP contribution in [0.2, 0.25) is 0 Å². The molecule has 106 valence electrons. The van der Waals surface area contributed by atoms with E-state index < -0.39 is 10.0 Å². The number of nitrogens with one attached hydrogen (secondary N) is 2. The van der Waals surface area contributed by atoms with Crippen LogP contribution in [0.4, 0.5) is 5.82 Å². The fourth-order valence-corrected chi connectivity index (χ4v) is 2.93. The van der Waals surface area contributed by atoms with Crippen LogP contribution in [0.15, 0.2) is 16.7 Å². The highest BCUT2D eigenvalue weighted by Crippen LogP contribution is 2.19. The summed E-state index contributed by atoms with van der Waals surface area (Å²) in [5, 5.41) is 3.30. The number of anilines is 1. The summed E-state index contributed by atoms with van der Waals surface area (Å²) in [7, 11) is -3.31. The minimum absolute atomic E-state index is 0.115. The zero-order chi connectivity index (χ0) is 13.9. The molecule has 0 saturated heterocycles. The van der Waals surface area contributed by atoms with Gasteiger partial charge in [-0.1, -0.05) is 0 Å². The normalized spacial score (nSPS) is 15.5. The van der Waals surface area contributed by atoms with Gasteiger partial charge in [-0.25, -0.2) is 13.4 Å². The fourth-order valence-electron chi connectivity index (χ4n) is 1.66. The molecule has 1 heterocycles. The van der Waals surface area contributed by atoms with E-state index in [0.717, 1.165) is 16.6 Å². The Morgan fingerprint density at radius 2 is 2.21 bits per heavy atom. The molecule has 1 aromatic rings. The molecule has 0 bridgehead atoms. The lowest BCUT2D eigenvalue weighted by Gasteiger charge is -2.08. The number of rotatable bonds is 7. The second-order valence-electron chi connectivity index (χ2n) is 4.82. The molecule has 0 radical (unpaired) electrons. The molecule has 0 aliphatic heterocycles. The summed E-state index contributed by atoms with van der Waals surface area (Å²) in [6.07, 6.45) is 4.64. The molecule has 0 unspecified atom stereocenters. The van der Waals surface area contributed by atoms with Gasteiger partial charge < -0.3 is 5.32 Å². The van der Waals surface area contributed by atoms with Crippen molar-refractivity contribution in [3.63, 3.8) is 0 Å². The number of hydrogen-bond acceptors (Lipinski definition) is 4. The van der Waals surface area contributed by atoms with Gasteiger partial charge in [0.25, 0.3) is 0 Å². The Balaban J connectivity index is 1.82. The summed E-state index contributed by atoms with van der Waals surface area (Å²) in [6, 6.07) is 2.33. The molecule has 19 heavy (non-hydrogen) atoms. The first-order valence-corrected chi connectivity index (χ1v) is 8.77. The molecule has 1 fully saturated rings. The number of hydrogen-bond donors (Lipinski definition) is 2. The van der Waals surface area contributed by atoms with Crippen molar-refractivity contribution >= 4 is 31.8 Å². The quantitative estimate of drug-likeness (QED) is 0.740. The molecule has 0 atom stereocenters. The van der Waals surface area contributed by atoms with Gasteiger partial charge in [-0.2, -0.15) is 0 Å². The van der Waals surface area contributed by atoms with Crippen LogP contribution in [0, 0.1) is 6.92 Å². The van der Waals surface area contributed by atoms with E-state index in [1.165, 1.54) is 12.8 Å². The number of sulfonamides is 1. The van der Waals surface area contributed by atoms with Crippen LogP contribution in [0.3, 0.4) is 0 Å². The summed E-state index contributed by atoms with van der Waals surface area (Å²) in [5.41, 5.74) is 0.947. The number of nitrogens with zero attached hydrogens (tertiary/aromatic N) is 1. The molecule has 0 aromatic carbocycles. The van der Waals surface area contributed by atoms with Gasteiger partial charge in [-0.3, -0.25) is 4.72 Å². The smallest absolute Gasteiger partial charge is 0.233 e. The first-order valence-electron chi connectivity index (χ1n) is 6.32. The van der Waals surface area contributed by atoms with Gasteiger partial charge in [0.05, 0.1) is 5.75 Å². The Morgan fingerprint density at radius 1 is 1.47 bits per heavy atom. The summed E-state index contributed by atoms with van der Waals surface area (Å²) in [4.78, 5) is 4.04. The van der Waals surface area contributed by atoms with Crippen LogP contribution in [-0.2, 0) is 10.0 Å². The standard InChI is InChI=1S/C12H18BrN3O2S/c1-9-7-12(15-8-11(9)13)16-19(17,18)6-2-5-14-10-3-4-10/h7-8,10,14H,2-6H2,1H3,(H,15,16). The third kappa shape index (κ3) is 5.08.